The minimum atomic E-state index is -3.64. The molecule has 0 amide bonds. The zero-order chi connectivity index (χ0) is 15.9. The van der Waals surface area contributed by atoms with Crippen LogP contribution in [0, 0.1) is 0 Å². The normalized spacial score (nSPS) is 11.6. The summed E-state index contributed by atoms with van der Waals surface area (Å²) in [5.41, 5.74) is 3.21. The molecule has 0 aliphatic rings. The molecule has 0 aliphatic carbocycles. The fourth-order valence-corrected chi connectivity index (χ4v) is 3.83. The largest absolute Gasteiger partial charge is 0.471 e. The molecule has 0 fully saturated rings. The molecule has 0 saturated carbocycles. The molecular weight excluding hydrogens is 295 g/mol. The van der Waals surface area contributed by atoms with E-state index in [1.165, 1.54) is 3.97 Å². The van der Waals surface area contributed by atoms with E-state index >= 15 is 0 Å². The van der Waals surface area contributed by atoms with E-state index in [0.717, 1.165) is 16.6 Å². The number of furan rings is 1. The van der Waals surface area contributed by atoms with Crippen LogP contribution >= 0.6 is 0 Å². The van der Waals surface area contributed by atoms with Gasteiger partial charge in [0.2, 0.25) is 0 Å². The fourth-order valence-electron chi connectivity index (χ4n) is 2.41. The van der Waals surface area contributed by atoms with Gasteiger partial charge < -0.3 is 4.42 Å². The fraction of sp³-hybridized carbons (Fsp3) is 0. The van der Waals surface area contributed by atoms with Gasteiger partial charge in [0, 0.05) is 11.9 Å². The zero-order valence-corrected chi connectivity index (χ0v) is 13.5. The van der Waals surface area contributed by atoms with E-state index in [4.69, 9.17) is 4.42 Å². The summed E-state index contributed by atoms with van der Waals surface area (Å²) in [5.74, 6) is 0.567. The predicted molar refractivity (Wildman–Crippen MR) is 95.7 cm³/mol. The van der Waals surface area contributed by atoms with Crippen molar-refractivity contribution >= 4 is 50.1 Å². The number of benzene rings is 1. The number of hydrogen-bond donors (Lipinski definition) is 0. The number of rotatable bonds is 3. The van der Waals surface area contributed by atoms with Gasteiger partial charge in [-0.1, -0.05) is 29.1 Å². The molecule has 0 spiro atoms. The molecule has 2 heterocycles. The van der Waals surface area contributed by atoms with Crippen molar-refractivity contribution in [3.05, 3.63) is 48.7 Å². The van der Waals surface area contributed by atoms with Gasteiger partial charge >= 0.3 is 0 Å². The van der Waals surface area contributed by atoms with Gasteiger partial charge in [0.25, 0.3) is 10.0 Å². The lowest BCUT2D eigenvalue weighted by Gasteiger charge is -2.10. The second-order valence-corrected chi connectivity index (χ2v) is 7.13. The molecule has 3 rings (SSSR count). The van der Waals surface area contributed by atoms with Crippen molar-refractivity contribution < 1.29 is 12.8 Å². The first-order chi connectivity index (χ1) is 10.4. The van der Waals surface area contributed by atoms with Gasteiger partial charge in [-0.3, -0.25) is 0 Å². The molecule has 1 aromatic carbocycles. The van der Waals surface area contributed by atoms with Crippen LogP contribution in [0.15, 0.2) is 58.0 Å². The first-order valence-corrected chi connectivity index (χ1v) is 8.41. The summed E-state index contributed by atoms with van der Waals surface area (Å²) in [6.07, 6.45) is 1.57. The Morgan fingerprint density at radius 3 is 2.23 bits per heavy atom. The summed E-state index contributed by atoms with van der Waals surface area (Å²) < 4.78 is 32.7. The molecule has 8 heteroatoms. The Morgan fingerprint density at radius 1 is 0.955 bits per heavy atom. The summed E-state index contributed by atoms with van der Waals surface area (Å²) >= 11 is 0. The van der Waals surface area contributed by atoms with Crippen LogP contribution in [0.1, 0.15) is 0 Å². The molecule has 0 saturated heterocycles. The average Bonchev–Trinajstić information content (AvgIpc) is 3.03. The molecule has 0 bridgehead atoms. The number of hydrogen-bond acceptors (Lipinski definition) is 3. The van der Waals surface area contributed by atoms with E-state index in [1.54, 1.807) is 42.6 Å². The van der Waals surface area contributed by atoms with Gasteiger partial charge in [-0.25, -0.2) is 12.4 Å². The maximum Gasteiger partial charge on any atom is 0.268 e. The molecule has 2 aromatic heterocycles. The molecule has 0 radical (unpaired) electrons. The smallest absolute Gasteiger partial charge is 0.268 e. The van der Waals surface area contributed by atoms with Crippen LogP contribution in [0.25, 0.3) is 11.5 Å². The van der Waals surface area contributed by atoms with Crippen molar-refractivity contribution in [2.75, 3.05) is 0 Å². The third-order valence-electron chi connectivity index (χ3n) is 3.75. The van der Waals surface area contributed by atoms with Crippen LogP contribution < -0.4 is 16.6 Å². The van der Waals surface area contributed by atoms with Gasteiger partial charge in [0.1, 0.15) is 21.5 Å². The Balaban J connectivity index is 2.22. The van der Waals surface area contributed by atoms with Gasteiger partial charge in [-0.2, -0.15) is 0 Å². The highest BCUT2D eigenvalue weighted by Gasteiger charge is 2.23. The first kappa shape index (κ1) is 14.8. The second kappa shape index (κ2) is 5.28. The topological polar surface area (TPSA) is 52.2 Å². The maximum absolute atomic E-state index is 12.9. The Morgan fingerprint density at radius 2 is 1.64 bits per heavy atom. The van der Waals surface area contributed by atoms with E-state index in [0.29, 0.717) is 11.5 Å². The lowest BCUT2D eigenvalue weighted by Crippen LogP contribution is -2.19. The number of nitrogens with zero attached hydrogens (tertiary/aromatic N) is 1. The summed E-state index contributed by atoms with van der Waals surface area (Å²) in [4.78, 5) is 0.256. The standard InChI is InChI=1S/C14H14B3NO3S/c15-10-6-7-18(13(10)12-8-11(16)14(17)21-12)22(19,20)9-4-2-1-3-5-9/h1-8H,15-17H2. The molecular formula is C14H14B3NO3S. The van der Waals surface area contributed by atoms with Crippen molar-refractivity contribution in [1.82, 2.24) is 3.97 Å². The van der Waals surface area contributed by atoms with E-state index in [2.05, 4.69) is 0 Å². The lowest BCUT2D eigenvalue weighted by molar-refractivity contribution is 0.584. The Labute approximate surface area is 132 Å². The van der Waals surface area contributed by atoms with Gasteiger partial charge in [-0.15, -0.1) is 0 Å². The minimum Gasteiger partial charge on any atom is -0.471 e. The van der Waals surface area contributed by atoms with Crippen molar-refractivity contribution in [2.24, 2.45) is 0 Å². The van der Waals surface area contributed by atoms with Crippen LogP contribution in [0.3, 0.4) is 0 Å². The van der Waals surface area contributed by atoms with E-state index in [1.807, 2.05) is 29.6 Å². The zero-order valence-electron chi connectivity index (χ0n) is 12.7. The molecule has 0 unspecified atom stereocenters. The number of aromatic nitrogens is 1. The van der Waals surface area contributed by atoms with Crippen LogP contribution in [-0.2, 0) is 10.0 Å². The Kier molecular flexibility index (Phi) is 3.57. The van der Waals surface area contributed by atoms with Gasteiger partial charge in [0.05, 0.1) is 10.6 Å². The third kappa shape index (κ3) is 2.33. The van der Waals surface area contributed by atoms with Crippen molar-refractivity contribution in [1.29, 1.82) is 0 Å². The van der Waals surface area contributed by atoms with Crippen LogP contribution in [-0.4, -0.2) is 35.9 Å². The average molecular weight is 309 g/mol. The molecule has 108 valence electrons. The maximum atomic E-state index is 12.9. The minimum absolute atomic E-state index is 0.256. The summed E-state index contributed by atoms with van der Waals surface area (Å²) in [5, 5.41) is 0. The van der Waals surface area contributed by atoms with Crippen molar-refractivity contribution in [3.63, 3.8) is 0 Å². The van der Waals surface area contributed by atoms with Crippen LogP contribution in [0.5, 0.6) is 0 Å². The van der Waals surface area contributed by atoms with Crippen molar-refractivity contribution in [2.45, 2.75) is 4.90 Å². The SMILES string of the molecule is Bc1cc(-c2c(B)ccn2S(=O)(=O)c2ccccc2)oc1B. The summed E-state index contributed by atoms with van der Waals surface area (Å²) in [7, 11) is 2.04. The lowest BCUT2D eigenvalue weighted by atomic mass is 9.88. The summed E-state index contributed by atoms with van der Waals surface area (Å²) in [6.45, 7) is 0. The van der Waals surface area contributed by atoms with Gasteiger partial charge in [-0.05, 0) is 24.3 Å². The van der Waals surface area contributed by atoms with E-state index in [9.17, 15) is 8.42 Å². The quantitative estimate of drug-likeness (QED) is 0.514. The summed E-state index contributed by atoms with van der Waals surface area (Å²) in [6, 6.07) is 12.0. The van der Waals surface area contributed by atoms with E-state index < -0.39 is 10.0 Å². The Hall–Kier alpha value is -2.08. The van der Waals surface area contributed by atoms with Crippen molar-refractivity contribution in [3.8, 4) is 11.5 Å². The molecule has 0 N–H and O–H groups in total. The molecule has 0 aliphatic heterocycles. The predicted octanol–water partition coefficient (Wildman–Crippen LogP) is -2.24. The molecule has 22 heavy (non-hydrogen) atoms. The first-order valence-electron chi connectivity index (χ1n) is 6.97. The van der Waals surface area contributed by atoms with Crippen LogP contribution in [0.4, 0.5) is 0 Å². The molecule has 3 aromatic rings. The van der Waals surface area contributed by atoms with E-state index in [-0.39, 0.29) is 4.90 Å². The highest BCUT2D eigenvalue weighted by atomic mass is 32.2. The molecule has 0 atom stereocenters. The third-order valence-corrected chi connectivity index (χ3v) is 5.44. The highest BCUT2D eigenvalue weighted by molar-refractivity contribution is 7.90. The second-order valence-electron chi connectivity index (χ2n) is 5.31. The Bertz CT molecular complexity index is 910. The molecule has 4 nitrogen and oxygen atoms in total. The monoisotopic (exact) mass is 309 g/mol. The highest BCUT2D eigenvalue weighted by Crippen LogP contribution is 2.22. The van der Waals surface area contributed by atoms with Crippen LogP contribution in [0.2, 0.25) is 0 Å². The van der Waals surface area contributed by atoms with Gasteiger partial charge in [0.15, 0.2) is 7.85 Å².